The topological polar surface area (TPSA) is 92.4 Å². The molecule has 0 bridgehead atoms. The quantitative estimate of drug-likeness (QED) is 0.803. The zero-order valence-electron chi connectivity index (χ0n) is 11.6. The minimum absolute atomic E-state index is 0.134. The SMILES string of the molecule is Cc1ccc(C(=O)O)cc1NC(=O)c1ccc(CN)cc1. The van der Waals surface area contributed by atoms with E-state index in [0.29, 0.717) is 17.8 Å². The average molecular weight is 284 g/mol. The first-order valence-corrected chi connectivity index (χ1v) is 6.45. The summed E-state index contributed by atoms with van der Waals surface area (Å²) in [7, 11) is 0. The van der Waals surface area contributed by atoms with Crippen LogP contribution in [0.15, 0.2) is 42.5 Å². The van der Waals surface area contributed by atoms with Gasteiger partial charge in [0, 0.05) is 17.8 Å². The summed E-state index contributed by atoms with van der Waals surface area (Å²) in [6, 6.07) is 11.6. The minimum atomic E-state index is -1.03. The number of aryl methyl sites for hydroxylation is 1. The minimum Gasteiger partial charge on any atom is -0.478 e. The molecule has 21 heavy (non-hydrogen) atoms. The Hall–Kier alpha value is -2.66. The Kier molecular flexibility index (Phi) is 4.35. The second-order valence-corrected chi connectivity index (χ2v) is 4.69. The fraction of sp³-hybridized carbons (Fsp3) is 0.125. The van der Waals surface area contributed by atoms with Crippen molar-refractivity contribution < 1.29 is 14.7 Å². The molecule has 0 spiro atoms. The van der Waals surface area contributed by atoms with Crippen LogP contribution < -0.4 is 11.1 Å². The van der Waals surface area contributed by atoms with Crippen LogP contribution in [0.2, 0.25) is 0 Å². The molecule has 0 atom stereocenters. The number of amides is 1. The van der Waals surface area contributed by atoms with Crippen LogP contribution in [-0.4, -0.2) is 17.0 Å². The summed E-state index contributed by atoms with van der Waals surface area (Å²) in [5.74, 6) is -1.32. The third kappa shape index (κ3) is 3.46. The molecule has 0 aliphatic rings. The Bertz CT molecular complexity index is 678. The van der Waals surface area contributed by atoms with Crippen LogP contribution in [-0.2, 0) is 6.54 Å². The van der Waals surface area contributed by atoms with E-state index in [1.807, 2.05) is 0 Å². The van der Waals surface area contributed by atoms with Crippen molar-refractivity contribution in [3.63, 3.8) is 0 Å². The van der Waals surface area contributed by atoms with Crippen LogP contribution in [0, 0.1) is 6.92 Å². The Morgan fingerprint density at radius 3 is 2.29 bits per heavy atom. The Labute approximate surface area is 122 Å². The van der Waals surface area contributed by atoms with E-state index in [-0.39, 0.29) is 11.5 Å². The highest BCUT2D eigenvalue weighted by atomic mass is 16.4. The predicted octanol–water partition coefficient (Wildman–Crippen LogP) is 2.40. The molecule has 0 saturated carbocycles. The van der Waals surface area contributed by atoms with Gasteiger partial charge in [0.1, 0.15) is 0 Å². The van der Waals surface area contributed by atoms with Gasteiger partial charge in [-0.05, 0) is 42.3 Å². The fourth-order valence-corrected chi connectivity index (χ4v) is 1.88. The Morgan fingerprint density at radius 1 is 1.10 bits per heavy atom. The van der Waals surface area contributed by atoms with Gasteiger partial charge in [-0.1, -0.05) is 18.2 Å². The number of benzene rings is 2. The number of nitrogens with two attached hydrogens (primary N) is 1. The molecule has 4 N–H and O–H groups in total. The van der Waals surface area contributed by atoms with E-state index in [9.17, 15) is 9.59 Å². The molecular weight excluding hydrogens is 268 g/mol. The molecule has 2 rings (SSSR count). The maximum atomic E-state index is 12.2. The molecule has 2 aromatic carbocycles. The lowest BCUT2D eigenvalue weighted by Gasteiger charge is -2.09. The van der Waals surface area contributed by atoms with Gasteiger partial charge in [-0.25, -0.2) is 4.79 Å². The monoisotopic (exact) mass is 284 g/mol. The Morgan fingerprint density at radius 2 is 1.71 bits per heavy atom. The van der Waals surface area contributed by atoms with E-state index >= 15 is 0 Å². The lowest BCUT2D eigenvalue weighted by atomic mass is 10.1. The lowest BCUT2D eigenvalue weighted by Crippen LogP contribution is -2.13. The molecule has 5 heteroatoms. The second-order valence-electron chi connectivity index (χ2n) is 4.69. The molecule has 108 valence electrons. The second kappa shape index (κ2) is 6.19. The summed E-state index contributed by atoms with van der Waals surface area (Å²) in [5, 5.41) is 11.7. The lowest BCUT2D eigenvalue weighted by molar-refractivity contribution is 0.0696. The molecule has 0 aliphatic heterocycles. The highest BCUT2D eigenvalue weighted by Crippen LogP contribution is 2.18. The maximum absolute atomic E-state index is 12.2. The number of rotatable bonds is 4. The molecule has 0 aliphatic carbocycles. The molecule has 0 aromatic heterocycles. The first-order valence-electron chi connectivity index (χ1n) is 6.45. The first-order chi connectivity index (χ1) is 10.0. The fourth-order valence-electron chi connectivity index (χ4n) is 1.88. The average Bonchev–Trinajstić information content (AvgIpc) is 2.49. The zero-order valence-corrected chi connectivity index (χ0v) is 11.6. The Balaban J connectivity index is 2.22. The smallest absolute Gasteiger partial charge is 0.335 e. The standard InChI is InChI=1S/C16H16N2O3/c1-10-2-5-13(16(20)21)8-14(10)18-15(19)12-6-3-11(9-17)4-7-12/h2-8H,9,17H2,1H3,(H,18,19)(H,20,21). The number of hydrogen-bond acceptors (Lipinski definition) is 3. The van der Waals surface area contributed by atoms with Crippen molar-refractivity contribution in [2.24, 2.45) is 5.73 Å². The zero-order chi connectivity index (χ0) is 15.4. The van der Waals surface area contributed by atoms with Crippen molar-refractivity contribution in [1.82, 2.24) is 0 Å². The van der Waals surface area contributed by atoms with Crippen molar-refractivity contribution in [3.05, 3.63) is 64.7 Å². The number of carbonyl (C=O) groups excluding carboxylic acids is 1. The number of aromatic carboxylic acids is 1. The van der Waals surface area contributed by atoms with Gasteiger partial charge in [-0.3, -0.25) is 4.79 Å². The molecule has 0 radical (unpaired) electrons. The van der Waals surface area contributed by atoms with Crippen LogP contribution in [0.5, 0.6) is 0 Å². The van der Waals surface area contributed by atoms with E-state index < -0.39 is 5.97 Å². The van der Waals surface area contributed by atoms with Gasteiger partial charge in [-0.15, -0.1) is 0 Å². The molecule has 0 unspecified atom stereocenters. The number of hydrogen-bond donors (Lipinski definition) is 3. The van der Waals surface area contributed by atoms with Gasteiger partial charge in [0.2, 0.25) is 0 Å². The van der Waals surface area contributed by atoms with Crippen molar-refractivity contribution in [3.8, 4) is 0 Å². The largest absolute Gasteiger partial charge is 0.478 e. The third-order valence-corrected chi connectivity index (χ3v) is 3.18. The van der Waals surface area contributed by atoms with Crippen LogP contribution in [0.25, 0.3) is 0 Å². The first kappa shape index (κ1) is 14.7. The van der Waals surface area contributed by atoms with Gasteiger partial charge in [0.15, 0.2) is 0 Å². The van der Waals surface area contributed by atoms with Gasteiger partial charge in [0.05, 0.1) is 5.56 Å². The number of carbonyl (C=O) groups is 2. The summed E-state index contributed by atoms with van der Waals surface area (Å²) in [6.07, 6.45) is 0. The molecular formula is C16H16N2O3. The number of anilines is 1. The van der Waals surface area contributed by atoms with Gasteiger partial charge < -0.3 is 16.2 Å². The van der Waals surface area contributed by atoms with Gasteiger partial charge in [0.25, 0.3) is 5.91 Å². The predicted molar refractivity (Wildman–Crippen MR) is 80.4 cm³/mol. The highest BCUT2D eigenvalue weighted by Gasteiger charge is 2.10. The number of carboxylic acid groups (broad SMARTS) is 1. The third-order valence-electron chi connectivity index (χ3n) is 3.18. The van der Waals surface area contributed by atoms with E-state index in [0.717, 1.165) is 11.1 Å². The highest BCUT2D eigenvalue weighted by molar-refractivity contribution is 6.05. The normalized spacial score (nSPS) is 10.2. The van der Waals surface area contributed by atoms with Crippen molar-refractivity contribution in [2.45, 2.75) is 13.5 Å². The van der Waals surface area contributed by atoms with E-state index in [1.165, 1.54) is 12.1 Å². The van der Waals surface area contributed by atoms with E-state index in [2.05, 4.69) is 5.32 Å². The van der Waals surface area contributed by atoms with Gasteiger partial charge >= 0.3 is 5.97 Å². The van der Waals surface area contributed by atoms with Crippen molar-refractivity contribution in [1.29, 1.82) is 0 Å². The van der Waals surface area contributed by atoms with Crippen LogP contribution in [0.3, 0.4) is 0 Å². The summed E-state index contributed by atoms with van der Waals surface area (Å²) in [4.78, 5) is 23.1. The molecule has 5 nitrogen and oxygen atoms in total. The maximum Gasteiger partial charge on any atom is 0.335 e. The van der Waals surface area contributed by atoms with Gasteiger partial charge in [-0.2, -0.15) is 0 Å². The van der Waals surface area contributed by atoms with Crippen molar-refractivity contribution >= 4 is 17.6 Å². The summed E-state index contributed by atoms with van der Waals surface area (Å²) in [6.45, 7) is 2.22. The van der Waals surface area contributed by atoms with E-state index in [1.54, 1.807) is 37.3 Å². The van der Waals surface area contributed by atoms with Crippen molar-refractivity contribution in [2.75, 3.05) is 5.32 Å². The number of nitrogens with one attached hydrogen (secondary N) is 1. The molecule has 0 heterocycles. The molecule has 1 amide bonds. The summed E-state index contributed by atoms with van der Waals surface area (Å²) < 4.78 is 0. The van der Waals surface area contributed by atoms with Crippen LogP contribution >= 0.6 is 0 Å². The number of carboxylic acids is 1. The van der Waals surface area contributed by atoms with E-state index in [4.69, 9.17) is 10.8 Å². The summed E-state index contributed by atoms with van der Waals surface area (Å²) in [5.41, 5.74) is 8.36. The summed E-state index contributed by atoms with van der Waals surface area (Å²) >= 11 is 0. The van der Waals surface area contributed by atoms with Crippen LogP contribution in [0.1, 0.15) is 31.8 Å². The van der Waals surface area contributed by atoms with Crippen LogP contribution in [0.4, 0.5) is 5.69 Å². The molecule has 0 saturated heterocycles. The molecule has 0 fully saturated rings. The molecule has 2 aromatic rings.